The van der Waals surface area contributed by atoms with Crippen molar-refractivity contribution in [3.8, 4) is 0 Å². The molecule has 0 spiro atoms. The van der Waals surface area contributed by atoms with Crippen molar-refractivity contribution in [3.05, 3.63) is 30.1 Å². The predicted octanol–water partition coefficient (Wildman–Crippen LogP) is 0.383. The fourth-order valence-corrected chi connectivity index (χ4v) is 2.19. The van der Waals surface area contributed by atoms with E-state index in [2.05, 4.69) is 20.5 Å². The fraction of sp³-hybridized carbons (Fsp3) is 0.571. The summed E-state index contributed by atoms with van der Waals surface area (Å²) in [5.74, 6) is 0.131. The Bertz CT molecular complexity index is 376. The summed E-state index contributed by atoms with van der Waals surface area (Å²) in [6, 6.07) is 3.84. The quantitative estimate of drug-likeness (QED) is 0.778. The largest absolute Gasteiger partial charge is 0.352 e. The highest BCUT2D eigenvalue weighted by Gasteiger charge is 2.09. The van der Waals surface area contributed by atoms with E-state index in [1.165, 1.54) is 0 Å². The molecule has 1 fully saturated rings. The van der Waals surface area contributed by atoms with E-state index in [0.29, 0.717) is 13.0 Å². The molecule has 1 aromatic heterocycles. The first-order valence-corrected chi connectivity index (χ1v) is 6.93. The van der Waals surface area contributed by atoms with Gasteiger partial charge in [0, 0.05) is 51.5 Å². The van der Waals surface area contributed by atoms with Crippen LogP contribution in [0.4, 0.5) is 0 Å². The number of pyridine rings is 1. The molecule has 5 nitrogen and oxygen atoms in total. The average Bonchev–Trinajstić information content (AvgIpc) is 2.47. The Kier molecular flexibility index (Phi) is 5.78. The van der Waals surface area contributed by atoms with Gasteiger partial charge in [-0.15, -0.1) is 0 Å². The summed E-state index contributed by atoms with van der Waals surface area (Å²) in [4.78, 5) is 18.1. The molecule has 0 bridgehead atoms. The van der Waals surface area contributed by atoms with E-state index in [1.807, 2.05) is 12.1 Å². The standard InChI is InChI=1S/C14H22N4O/c19-14(17-12-13-3-5-15-6-4-13)2-1-9-18-10-7-16-8-11-18/h3-6,16H,1-2,7-12H2,(H,17,19). The number of amides is 1. The van der Waals surface area contributed by atoms with E-state index in [9.17, 15) is 4.79 Å². The average molecular weight is 262 g/mol. The van der Waals surface area contributed by atoms with Crippen molar-refractivity contribution in [2.45, 2.75) is 19.4 Å². The topological polar surface area (TPSA) is 57.3 Å². The Balaban J connectivity index is 1.57. The molecule has 1 amide bonds. The second-order valence-corrected chi connectivity index (χ2v) is 4.83. The molecule has 2 N–H and O–H groups in total. The lowest BCUT2D eigenvalue weighted by atomic mass is 10.2. The van der Waals surface area contributed by atoms with Crippen LogP contribution in [-0.2, 0) is 11.3 Å². The molecule has 19 heavy (non-hydrogen) atoms. The van der Waals surface area contributed by atoms with Gasteiger partial charge in [-0.2, -0.15) is 0 Å². The second-order valence-electron chi connectivity index (χ2n) is 4.83. The zero-order chi connectivity index (χ0) is 13.3. The minimum absolute atomic E-state index is 0.131. The van der Waals surface area contributed by atoms with Crippen LogP contribution < -0.4 is 10.6 Å². The summed E-state index contributed by atoms with van der Waals surface area (Å²) < 4.78 is 0. The molecule has 5 heteroatoms. The van der Waals surface area contributed by atoms with E-state index in [0.717, 1.165) is 44.7 Å². The molecule has 0 unspecified atom stereocenters. The molecule has 1 saturated heterocycles. The van der Waals surface area contributed by atoms with Crippen LogP contribution in [0.15, 0.2) is 24.5 Å². The van der Waals surface area contributed by atoms with Crippen molar-refractivity contribution in [3.63, 3.8) is 0 Å². The number of carbonyl (C=O) groups is 1. The summed E-state index contributed by atoms with van der Waals surface area (Å²) >= 11 is 0. The van der Waals surface area contributed by atoms with Gasteiger partial charge in [0.25, 0.3) is 0 Å². The van der Waals surface area contributed by atoms with E-state index in [1.54, 1.807) is 12.4 Å². The minimum Gasteiger partial charge on any atom is -0.352 e. The van der Waals surface area contributed by atoms with Crippen molar-refractivity contribution in [2.75, 3.05) is 32.7 Å². The smallest absolute Gasteiger partial charge is 0.220 e. The molecule has 1 aliphatic rings. The zero-order valence-corrected chi connectivity index (χ0v) is 11.3. The molecule has 0 atom stereocenters. The van der Waals surface area contributed by atoms with Gasteiger partial charge in [0.15, 0.2) is 0 Å². The predicted molar refractivity (Wildman–Crippen MR) is 74.6 cm³/mol. The van der Waals surface area contributed by atoms with Crippen molar-refractivity contribution >= 4 is 5.91 Å². The Morgan fingerprint density at radius 2 is 2.05 bits per heavy atom. The van der Waals surface area contributed by atoms with Crippen molar-refractivity contribution in [1.29, 1.82) is 0 Å². The molecule has 0 aliphatic carbocycles. The lowest BCUT2D eigenvalue weighted by Gasteiger charge is -2.26. The maximum atomic E-state index is 11.7. The van der Waals surface area contributed by atoms with Crippen LogP contribution in [-0.4, -0.2) is 48.5 Å². The molecule has 2 heterocycles. The van der Waals surface area contributed by atoms with Crippen LogP contribution in [0.5, 0.6) is 0 Å². The Hall–Kier alpha value is -1.46. The van der Waals surface area contributed by atoms with E-state index >= 15 is 0 Å². The monoisotopic (exact) mass is 262 g/mol. The molecule has 1 aromatic rings. The summed E-state index contributed by atoms with van der Waals surface area (Å²) in [5.41, 5.74) is 1.09. The third kappa shape index (κ3) is 5.36. The maximum absolute atomic E-state index is 11.7. The number of hydrogen-bond acceptors (Lipinski definition) is 4. The highest BCUT2D eigenvalue weighted by molar-refractivity contribution is 5.75. The number of hydrogen-bond donors (Lipinski definition) is 2. The van der Waals surface area contributed by atoms with Gasteiger partial charge in [-0.1, -0.05) is 0 Å². The number of nitrogens with zero attached hydrogens (tertiary/aromatic N) is 2. The van der Waals surface area contributed by atoms with E-state index in [-0.39, 0.29) is 5.91 Å². The summed E-state index contributed by atoms with van der Waals surface area (Å²) in [7, 11) is 0. The molecule has 0 saturated carbocycles. The Morgan fingerprint density at radius 1 is 1.32 bits per heavy atom. The second kappa shape index (κ2) is 7.86. The van der Waals surface area contributed by atoms with Crippen LogP contribution in [0.3, 0.4) is 0 Å². The van der Waals surface area contributed by atoms with Gasteiger partial charge in [0.1, 0.15) is 0 Å². The molecule has 0 aromatic carbocycles. The zero-order valence-electron chi connectivity index (χ0n) is 11.3. The Morgan fingerprint density at radius 3 is 2.79 bits per heavy atom. The van der Waals surface area contributed by atoms with Gasteiger partial charge in [-0.05, 0) is 30.7 Å². The van der Waals surface area contributed by atoms with Gasteiger partial charge in [-0.3, -0.25) is 9.78 Å². The maximum Gasteiger partial charge on any atom is 0.220 e. The van der Waals surface area contributed by atoms with Crippen LogP contribution in [0.2, 0.25) is 0 Å². The van der Waals surface area contributed by atoms with Crippen LogP contribution in [0, 0.1) is 0 Å². The first kappa shape index (κ1) is 14.0. The lowest BCUT2D eigenvalue weighted by Crippen LogP contribution is -2.43. The first-order valence-electron chi connectivity index (χ1n) is 6.93. The molecular formula is C14H22N4O. The van der Waals surface area contributed by atoms with Gasteiger partial charge in [0.2, 0.25) is 5.91 Å². The lowest BCUT2D eigenvalue weighted by molar-refractivity contribution is -0.121. The van der Waals surface area contributed by atoms with Crippen LogP contribution in [0.1, 0.15) is 18.4 Å². The number of nitrogens with one attached hydrogen (secondary N) is 2. The number of aromatic nitrogens is 1. The third-order valence-electron chi connectivity index (χ3n) is 3.33. The normalized spacial score (nSPS) is 16.2. The Labute approximate surface area is 114 Å². The van der Waals surface area contributed by atoms with Crippen molar-refractivity contribution in [2.24, 2.45) is 0 Å². The highest BCUT2D eigenvalue weighted by atomic mass is 16.1. The van der Waals surface area contributed by atoms with E-state index < -0.39 is 0 Å². The molecule has 2 rings (SSSR count). The van der Waals surface area contributed by atoms with Crippen molar-refractivity contribution in [1.82, 2.24) is 20.5 Å². The summed E-state index contributed by atoms with van der Waals surface area (Å²) in [6.45, 7) is 5.93. The number of piperazine rings is 1. The molecule has 104 valence electrons. The molecule has 0 radical (unpaired) electrons. The van der Waals surface area contributed by atoms with Gasteiger partial charge in [-0.25, -0.2) is 0 Å². The minimum atomic E-state index is 0.131. The van der Waals surface area contributed by atoms with Gasteiger partial charge < -0.3 is 15.5 Å². The number of carbonyl (C=O) groups excluding carboxylic acids is 1. The van der Waals surface area contributed by atoms with E-state index in [4.69, 9.17) is 0 Å². The molecular weight excluding hydrogens is 240 g/mol. The van der Waals surface area contributed by atoms with Gasteiger partial charge in [0.05, 0.1) is 0 Å². The SMILES string of the molecule is O=C(CCCN1CCNCC1)NCc1ccncc1. The fourth-order valence-electron chi connectivity index (χ4n) is 2.19. The summed E-state index contributed by atoms with van der Waals surface area (Å²) in [5, 5.41) is 6.27. The van der Waals surface area contributed by atoms with Crippen LogP contribution >= 0.6 is 0 Å². The summed E-state index contributed by atoms with van der Waals surface area (Å²) in [6.07, 6.45) is 5.02. The van der Waals surface area contributed by atoms with Crippen molar-refractivity contribution < 1.29 is 4.79 Å². The number of rotatable bonds is 6. The van der Waals surface area contributed by atoms with Crippen LogP contribution in [0.25, 0.3) is 0 Å². The first-order chi connectivity index (χ1) is 9.34. The third-order valence-corrected chi connectivity index (χ3v) is 3.33. The highest BCUT2D eigenvalue weighted by Crippen LogP contribution is 1.99. The molecule has 1 aliphatic heterocycles. The van der Waals surface area contributed by atoms with Gasteiger partial charge >= 0.3 is 0 Å².